The predicted octanol–water partition coefficient (Wildman–Crippen LogP) is 4.19. The van der Waals surface area contributed by atoms with Gasteiger partial charge in [0.15, 0.2) is 0 Å². The molecule has 0 spiro atoms. The van der Waals surface area contributed by atoms with Gasteiger partial charge in [-0.2, -0.15) is 0 Å². The van der Waals surface area contributed by atoms with Crippen LogP contribution in [0.2, 0.25) is 0 Å². The van der Waals surface area contributed by atoms with E-state index in [1.165, 1.54) is 9.75 Å². The number of nitrogens with zero attached hydrogens (tertiary/aromatic N) is 1. The molecule has 3 nitrogen and oxygen atoms in total. The molecule has 0 bridgehead atoms. The largest absolute Gasteiger partial charge is 0.480 e. The second kappa shape index (κ2) is 5.91. The van der Waals surface area contributed by atoms with E-state index in [0.29, 0.717) is 5.92 Å². The molecular weight excluding hydrogens is 302 g/mol. The van der Waals surface area contributed by atoms with Crippen LogP contribution >= 0.6 is 22.7 Å². The molecule has 0 fully saturated rings. The molecule has 3 rings (SSSR count). The summed E-state index contributed by atoms with van der Waals surface area (Å²) in [6.45, 7) is 5.16. The van der Waals surface area contributed by atoms with Gasteiger partial charge in [-0.15, -0.1) is 22.7 Å². The van der Waals surface area contributed by atoms with Crippen molar-refractivity contribution in [2.24, 2.45) is 5.92 Å². The molecule has 112 valence electrons. The third-order valence-electron chi connectivity index (χ3n) is 4.06. The number of hydrogen-bond acceptors (Lipinski definition) is 4. The molecule has 2 atom stereocenters. The Labute approximate surface area is 132 Å². The van der Waals surface area contributed by atoms with Gasteiger partial charge in [0.25, 0.3) is 0 Å². The first kappa shape index (κ1) is 14.8. The van der Waals surface area contributed by atoms with E-state index in [4.69, 9.17) is 0 Å². The summed E-state index contributed by atoms with van der Waals surface area (Å²) in [5.74, 6) is -0.359. The average Bonchev–Trinajstić information content (AvgIpc) is 3.07. The summed E-state index contributed by atoms with van der Waals surface area (Å²) in [6, 6.07) is 5.80. The van der Waals surface area contributed by atoms with Crippen LogP contribution in [0.4, 0.5) is 0 Å². The molecule has 1 aliphatic heterocycles. The lowest BCUT2D eigenvalue weighted by Gasteiger charge is -2.40. The zero-order valence-corrected chi connectivity index (χ0v) is 13.8. The third kappa shape index (κ3) is 2.65. The van der Waals surface area contributed by atoms with E-state index in [0.717, 1.165) is 18.5 Å². The summed E-state index contributed by atoms with van der Waals surface area (Å²) in [4.78, 5) is 16.6. The number of carbonyl (C=O) groups is 1. The van der Waals surface area contributed by atoms with Crippen molar-refractivity contribution in [2.45, 2.75) is 32.4 Å². The predicted molar refractivity (Wildman–Crippen MR) is 87.0 cm³/mol. The van der Waals surface area contributed by atoms with E-state index in [9.17, 15) is 9.90 Å². The van der Waals surface area contributed by atoms with Gasteiger partial charge in [0.2, 0.25) is 0 Å². The number of thiophene rings is 2. The minimum absolute atomic E-state index is 0.166. The number of carboxylic acids is 1. The fraction of sp³-hybridized carbons (Fsp3) is 0.438. The Bertz CT molecular complexity index is 618. The van der Waals surface area contributed by atoms with Crippen LogP contribution in [0.25, 0.3) is 0 Å². The Kier molecular flexibility index (Phi) is 4.15. The van der Waals surface area contributed by atoms with Crippen LogP contribution in [0.15, 0.2) is 29.0 Å². The molecule has 2 aromatic heterocycles. The minimum atomic E-state index is -0.739. The van der Waals surface area contributed by atoms with Gasteiger partial charge in [-0.25, -0.2) is 0 Å². The molecule has 0 aromatic carbocycles. The number of fused-ring (bicyclic) bond motifs is 1. The second-order valence-corrected chi connectivity index (χ2v) is 7.71. The van der Waals surface area contributed by atoms with Gasteiger partial charge in [0, 0.05) is 22.3 Å². The van der Waals surface area contributed by atoms with Gasteiger partial charge in [-0.1, -0.05) is 19.9 Å². The molecule has 1 N–H and O–H groups in total. The summed E-state index contributed by atoms with van der Waals surface area (Å²) in [5.41, 5.74) is 0.987. The quantitative estimate of drug-likeness (QED) is 0.918. The Morgan fingerprint density at radius 1 is 1.33 bits per heavy atom. The first-order valence-electron chi connectivity index (χ1n) is 7.17. The van der Waals surface area contributed by atoms with E-state index in [1.807, 2.05) is 17.5 Å². The molecule has 2 unspecified atom stereocenters. The van der Waals surface area contributed by atoms with Gasteiger partial charge in [-0.3, -0.25) is 9.69 Å². The van der Waals surface area contributed by atoms with Crippen molar-refractivity contribution in [3.8, 4) is 0 Å². The molecule has 0 saturated carbocycles. The average molecular weight is 321 g/mol. The molecule has 5 heteroatoms. The monoisotopic (exact) mass is 321 g/mol. The van der Waals surface area contributed by atoms with E-state index < -0.39 is 12.0 Å². The second-order valence-electron chi connectivity index (χ2n) is 5.73. The van der Waals surface area contributed by atoms with Crippen molar-refractivity contribution in [1.82, 2.24) is 4.90 Å². The number of carboxylic acid groups (broad SMARTS) is 1. The lowest BCUT2D eigenvalue weighted by molar-refractivity contribution is -0.145. The molecule has 1 aliphatic rings. The number of rotatable bonds is 4. The van der Waals surface area contributed by atoms with Crippen molar-refractivity contribution < 1.29 is 9.90 Å². The highest BCUT2D eigenvalue weighted by molar-refractivity contribution is 7.10. The maximum absolute atomic E-state index is 11.9. The van der Waals surface area contributed by atoms with Crippen LogP contribution in [-0.2, 0) is 11.2 Å². The normalized spacial score (nSPS) is 20.4. The van der Waals surface area contributed by atoms with Crippen LogP contribution in [0.1, 0.15) is 41.2 Å². The summed E-state index contributed by atoms with van der Waals surface area (Å²) >= 11 is 3.40. The molecule has 2 aromatic rings. The zero-order valence-electron chi connectivity index (χ0n) is 12.2. The maximum atomic E-state index is 11.9. The highest BCUT2D eigenvalue weighted by Gasteiger charge is 2.39. The lowest BCUT2D eigenvalue weighted by Crippen LogP contribution is -2.42. The van der Waals surface area contributed by atoms with Crippen molar-refractivity contribution in [1.29, 1.82) is 0 Å². The van der Waals surface area contributed by atoms with Crippen molar-refractivity contribution >= 4 is 28.6 Å². The van der Waals surface area contributed by atoms with Crippen molar-refractivity contribution in [3.05, 3.63) is 44.3 Å². The summed E-state index contributed by atoms with van der Waals surface area (Å²) < 4.78 is 0. The molecule has 0 amide bonds. The Hall–Kier alpha value is -1.17. The van der Waals surface area contributed by atoms with Gasteiger partial charge in [-0.05, 0) is 40.8 Å². The third-order valence-corrected chi connectivity index (χ3v) is 6.00. The molecule has 0 aliphatic carbocycles. The molecular formula is C16H19NO2S2. The Balaban J connectivity index is 2.02. The van der Waals surface area contributed by atoms with E-state index in [2.05, 4.69) is 30.2 Å². The van der Waals surface area contributed by atoms with Crippen LogP contribution in [0.5, 0.6) is 0 Å². The van der Waals surface area contributed by atoms with Crippen LogP contribution in [0.3, 0.4) is 0 Å². The molecule has 3 heterocycles. The van der Waals surface area contributed by atoms with E-state index >= 15 is 0 Å². The van der Waals surface area contributed by atoms with Crippen molar-refractivity contribution in [3.63, 3.8) is 0 Å². The van der Waals surface area contributed by atoms with Gasteiger partial charge < -0.3 is 5.11 Å². The van der Waals surface area contributed by atoms with Crippen molar-refractivity contribution in [2.75, 3.05) is 6.54 Å². The SMILES string of the molecule is CC(C)C(c1cccs1)N1CCc2sccc2C1C(=O)O. The van der Waals surface area contributed by atoms with E-state index in [-0.39, 0.29) is 6.04 Å². The fourth-order valence-corrected chi connectivity index (χ4v) is 5.17. The molecule has 0 radical (unpaired) electrons. The van der Waals surface area contributed by atoms with Gasteiger partial charge >= 0.3 is 5.97 Å². The minimum Gasteiger partial charge on any atom is -0.480 e. The lowest BCUT2D eigenvalue weighted by atomic mass is 9.92. The van der Waals surface area contributed by atoms with Gasteiger partial charge in [0.05, 0.1) is 0 Å². The fourth-order valence-electron chi connectivity index (χ4n) is 3.24. The smallest absolute Gasteiger partial charge is 0.325 e. The zero-order chi connectivity index (χ0) is 15.0. The van der Waals surface area contributed by atoms with Crippen LogP contribution in [0, 0.1) is 5.92 Å². The molecule has 0 saturated heterocycles. The summed E-state index contributed by atoms with van der Waals surface area (Å²) in [5, 5.41) is 13.9. The highest BCUT2D eigenvalue weighted by atomic mass is 32.1. The van der Waals surface area contributed by atoms with Crippen LogP contribution < -0.4 is 0 Å². The highest BCUT2D eigenvalue weighted by Crippen LogP contribution is 2.42. The van der Waals surface area contributed by atoms with Crippen LogP contribution in [-0.4, -0.2) is 22.5 Å². The number of hydrogen-bond donors (Lipinski definition) is 1. The summed E-state index contributed by atoms with van der Waals surface area (Å²) in [7, 11) is 0. The topological polar surface area (TPSA) is 40.5 Å². The Morgan fingerprint density at radius 2 is 2.14 bits per heavy atom. The summed E-state index contributed by atoms with van der Waals surface area (Å²) in [6.07, 6.45) is 0.950. The number of aliphatic carboxylic acids is 1. The van der Waals surface area contributed by atoms with Gasteiger partial charge in [0.1, 0.15) is 6.04 Å². The Morgan fingerprint density at radius 3 is 2.76 bits per heavy atom. The first-order valence-corrected chi connectivity index (χ1v) is 8.93. The maximum Gasteiger partial charge on any atom is 0.325 e. The molecule has 21 heavy (non-hydrogen) atoms. The van der Waals surface area contributed by atoms with E-state index in [1.54, 1.807) is 22.7 Å². The first-order chi connectivity index (χ1) is 10.1. The standard InChI is InChI=1S/C16H19NO2S2/c1-10(2)14(13-4-3-8-20-13)17-7-5-12-11(6-9-21-12)15(17)16(18)19/h3-4,6,8-10,14-15H,5,7H2,1-2H3,(H,18,19).